The molecule has 1 aromatic heterocycles. The van der Waals surface area contributed by atoms with E-state index in [1.165, 1.54) is 5.56 Å². The number of aryl methyl sites for hydroxylation is 2. The third-order valence-electron chi connectivity index (χ3n) is 2.98. The number of hydrogen-bond acceptors (Lipinski definition) is 2. The molecule has 1 aromatic carbocycles. The van der Waals surface area contributed by atoms with Gasteiger partial charge in [0.25, 0.3) is 5.91 Å². The normalized spacial score (nSPS) is 10.3. The van der Waals surface area contributed by atoms with E-state index in [1.54, 1.807) is 10.9 Å². The van der Waals surface area contributed by atoms with E-state index in [9.17, 15) is 4.79 Å². The maximum Gasteiger partial charge on any atom is 0.251 e. The molecule has 1 amide bonds. The van der Waals surface area contributed by atoms with Gasteiger partial charge in [0.2, 0.25) is 0 Å². The molecule has 18 heavy (non-hydrogen) atoms. The molecule has 0 aliphatic carbocycles. The van der Waals surface area contributed by atoms with Gasteiger partial charge in [-0.05, 0) is 30.2 Å². The number of nitrogens with zero attached hydrogens (tertiary/aromatic N) is 2. The fraction of sp³-hybridized carbons (Fsp3) is 0.286. The topological polar surface area (TPSA) is 46.9 Å². The molecule has 0 unspecified atom stereocenters. The Kier molecular flexibility index (Phi) is 3.77. The Balaban J connectivity index is 1.97. The fourth-order valence-corrected chi connectivity index (χ4v) is 1.74. The average Bonchev–Trinajstić information content (AvgIpc) is 2.81. The Hall–Kier alpha value is -2.10. The zero-order valence-electron chi connectivity index (χ0n) is 10.7. The second kappa shape index (κ2) is 5.49. The Morgan fingerprint density at radius 3 is 2.56 bits per heavy atom. The van der Waals surface area contributed by atoms with E-state index in [0.29, 0.717) is 12.1 Å². The Labute approximate surface area is 107 Å². The highest BCUT2D eigenvalue weighted by Gasteiger charge is 2.06. The van der Waals surface area contributed by atoms with Crippen LogP contribution < -0.4 is 5.32 Å². The standard InChI is InChI=1S/C14H17N3O/c1-3-11-4-6-12(7-5-11)14(18)15-10-13-8-9-16-17(13)2/h4-9H,3,10H2,1-2H3,(H,15,18). The minimum Gasteiger partial charge on any atom is -0.346 e. The summed E-state index contributed by atoms with van der Waals surface area (Å²) in [6.07, 6.45) is 2.70. The summed E-state index contributed by atoms with van der Waals surface area (Å²) in [5.41, 5.74) is 2.90. The van der Waals surface area contributed by atoms with Crippen LogP contribution in [0.25, 0.3) is 0 Å². The van der Waals surface area contributed by atoms with E-state index in [-0.39, 0.29) is 5.91 Å². The van der Waals surface area contributed by atoms with Gasteiger partial charge in [-0.2, -0.15) is 5.10 Å². The molecule has 4 heteroatoms. The van der Waals surface area contributed by atoms with E-state index in [4.69, 9.17) is 0 Å². The van der Waals surface area contributed by atoms with Crippen LogP contribution in [0.2, 0.25) is 0 Å². The number of amides is 1. The molecule has 1 N–H and O–H groups in total. The number of nitrogens with one attached hydrogen (secondary N) is 1. The van der Waals surface area contributed by atoms with Crippen LogP contribution in [0.4, 0.5) is 0 Å². The number of carbonyl (C=O) groups excluding carboxylic acids is 1. The van der Waals surface area contributed by atoms with Crippen molar-refractivity contribution in [2.75, 3.05) is 0 Å². The predicted molar refractivity (Wildman–Crippen MR) is 70.2 cm³/mol. The molecule has 94 valence electrons. The van der Waals surface area contributed by atoms with Gasteiger partial charge < -0.3 is 5.32 Å². The quantitative estimate of drug-likeness (QED) is 0.891. The second-order valence-electron chi connectivity index (χ2n) is 4.18. The summed E-state index contributed by atoms with van der Waals surface area (Å²) in [7, 11) is 1.86. The van der Waals surface area contributed by atoms with E-state index < -0.39 is 0 Å². The zero-order chi connectivity index (χ0) is 13.0. The lowest BCUT2D eigenvalue weighted by Gasteiger charge is -2.06. The molecule has 0 radical (unpaired) electrons. The van der Waals surface area contributed by atoms with Gasteiger partial charge in [-0.3, -0.25) is 9.48 Å². The highest BCUT2D eigenvalue weighted by molar-refractivity contribution is 5.94. The molecule has 0 atom stereocenters. The maximum atomic E-state index is 11.9. The largest absolute Gasteiger partial charge is 0.346 e. The van der Waals surface area contributed by atoms with Gasteiger partial charge in [-0.1, -0.05) is 19.1 Å². The van der Waals surface area contributed by atoms with Gasteiger partial charge in [-0.25, -0.2) is 0 Å². The summed E-state index contributed by atoms with van der Waals surface area (Å²) in [4.78, 5) is 11.9. The van der Waals surface area contributed by atoms with Crippen LogP contribution in [-0.4, -0.2) is 15.7 Å². The van der Waals surface area contributed by atoms with Crippen LogP contribution in [0.3, 0.4) is 0 Å². The van der Waals surface area contributed by atoms with Crippen LogP contribution in [0.5, 0.6) is 0 Å². The fourth-order valence-electron chi connectivity index (χ4n) is 1.74. The molecule has 2 rings (SSSR count). The molecule has 0 saturated heterocycles. The van der Waals surface area contributed by atoms with Crippen molar-refractivity contribution in [3.8, 4) is 0 Å². The number of benzene rings is 1. The molecule has 4 nitrogen and oxygen atoms in total. The number of hydrogen-bond donors (Lipinski definition) is 1. The van der Waals surface area contributed by atoms with Crippen molar-refractivity contribution in [3.05, 3.63) is 53.3 Å². The van der Waals surface area contributed by atoms with Gasteiger partial charge in [0.15, 0.2) is 0 Å². The molecular formula is C14H17N3O. The Morgan fingerprint density at radius 1 is 1.28 bits per heavy atom. The van der Waals surface area contributed by atoms with Crippen LogP contribution in [-0.2, 0) is 20.0 Å². The number of aromatic nitrogens is 2. The second-order valence-corrected chi connectivity index (χ2v) is 4.18. The summed E-state index contributed by atoms with van der Waals surface area (Å²) in [5.74, 6) is -0.0566. The van der Waals surface area contributed by atoms with Gasteiger partial charge in [0, 0.05) is 18.8 Å². The minimum atomic E-state index is -0.0566. The van der Waals surface area contributed by atoms with Crippen LogP contribution >= 0.6 is 0 Å². The molecule has 1 heterocycles. The molecule has 0 saturated carbocycles. The predicted octanol–water partition coefficient (Wildman–Crippen LogP) is 1.91. The van der Waals surface area contributed by atoms with Gasteiger partial charge in [-0.15, -0.1) is 0 Å². The number of rotatable bonds is 4. The first-order chi connectivity index (χ1) is 8.70. The lowest BCUT2D eigenvalue weighted by Crippen LogP contribution is -2.24. The molecule has 0 spiro atoms. The van der Waals surface area contributed by atoms with Crippen molar-refractivity contribution in [2.45, 2.75) is 19.9 Å². The van der Waals surface area contributed by atoms with Crippen LogP contribution in [0.15, 0.2) is 36.5 Å². The van der Waals surface area contributed by atoms with E-state index in [2.05, 4.69) is 17.3 Å². The molecule has 2 aromatic rings. The molecular weight excluding hydrogens is 226 g/mol. The highest BCUT2D eigenvalue weighted by atomic mass is 16.1. The van der Waals surface area contributed by atoms with Gasteiger partial charge in [0.05, 0.1) is 12.2 Å². The van der Waals surface area contributed by atoms with Crippen molar-refractivity contribution in [3.63, 3.8) is 0 Å². The van der Waals surface area contributed by atoms with Crippen molar-refractivity contribution in [1.82, 2.24) is 15.1 Å². The van der Waals surface area contributed by atoms with Crippen molar-refractivity contribution >= 4 is 5.91 Å². The molecule has 0 aliphatic rings. The van der Waals surface area contributed by atoms with E-state index in [1.807, 2.05) is 37.4 Å². The third-order valence-corrected chi connectivity index (χ3v) is 2.98. The third kappa shape index (κ3) is 2.77. The lowest BCUT2D eigenvalue weighted by atomic mass is 10.1. The zero-order valence-corrected chi connectivity index (χ0v) is 10.7. The summed E-state index contributed by atoms with van der Waals surface area (Å²) in [6.45, 7) is 2.59. The highest BCUT2D eigenvalue weighted by Crippen LogP contribution is 2.05. The minimum absolute atomic E-state index is 0.0566. The summed E-state index contributed by atoms with van der Waals surface area (Å²) < 4.78 is 1.75. The monoisotopic (exact) mass is 243 g/mol. The average molecular weight is 243 g/mol. The van der Waals surface area contributed by atoms with Crippen molar-refractivity contribution in [2.24, 2.45) is 7.05 Å². The Morgan fingerprint density at radius 2 is 2.00 bits per heavy atom. The summed E-state index contributed by atoms with van der Waals surface area (Å²) in [5, 5.41) is 6.94. The van der Waals surface area contributed by atoms with E-state index in [0.717, 1.165) is 12.1 Å². The first-order valence-corrected chi connectivity index (χ1v) is 6.04. The number of carbonyl (C=O) groups is 1. The molecule has 0 aliphatic heterocycles. The van der Waals surface area contributed by atoms with Crippen molar-refractivity contribution in [1.29, 1.82) is 0 Å². The van der Waals surface area contributed by atoms with Gasteiger partial charge in [0.1, 0.15) is 0 Å². The van der Waals surface area contributed by atoms with Crippen LogP contribution in [0, 0.1) is 0 Å². The summed E-state index contributed by atoms with van der Waals surface area (Å²) >= 11 is 0. The summed E-state index contributed by atoms with van der Waals surface area (Å²) in [6, 6.07) is 9.58. The van der Waals surface area contributed by atoms with Crippen molar-refractivity contribution < 1.29 is 4.79 Å². The lowest BCUT2D eigenvalue weighted by molar-refractivity contribution is 0.0950. The van der Waals surface area contributed by atoms with E-state index >= 15 is 0 Å². The SMILES string of the molecule is CCc1ccc(C(=O)NCc2ccnn2C)cc1. The van der Waals surface area contributed by atoms with Gasteiger partial charge >= 0.3 is 0 Å². The first kappa shape index (κ1) is 12.4. The maximum absolute atomic E-state index is 11.9. The first-order valence-electron chi connectivity index (χ1n) is 6.04. The molecule has 0 fully saturated rings. The Bertz CT molecular complexity index is 528. The molecule has 0 bridgehead atoms. The van der Waals surface area contributed by atoms with Crippen LogP contribution in [0.1, 0.15) is 28.5 Å². The smallest absolute Gasteiger partial charge is 0.251 e.